The van der Waals surface area contributed by atoms with Crippen molar-refractivity contribution in [3.05, 3.63) is 54.1 Å². The molecule has 1 atom stereocenters. The van der Waals surface area contributed by atoms with E-state index in [0.717, 1.165) is 5.56 Å². The summed E-state index contributed by atoms with van der Waals surface area (Å²) in [5.41, 5.74) is 1.72. The largest absolute Gasteiger partial charge is 0.493 e. The summed E-state index contributed by atoms with van der Waals surface area (Å²) in [5.74, 6) is 0.934. The lowest BCUT2D eigenvalue weighted by molar-refractivity contribution is -0.128. The summed E-state index contributed by atoms with van der Waals surface area (Å²) in [5, 5.41) is 2.83. The van der Waals surface area contributed by atoms with Gasteiger partial charge in [0.2, 0.25) is 5.91 Å². The Bertz CT molecular complexity index is 772. The predicted molar refractivity (Wildman–Crippen MR) is 105 cm³/mol. The molecule has 27 heavy (non-hydrogen) atoms. The number of ether oxygens (including phenoxy) is 2. The molecule has 0 aliphatic heterocycles. The Morgan fingerprint density at radius 1 is 1.04 bits per heavy atom. The molecule has 1 unspecified atom stereocenters. The number of hydrogen-bond acceptors (Lipinski definition) is 4. The zero-order chi connectivity index (χ0) is 19.8. The van der Waals surface area contributed by atoms with Gasteiger partial charge in [-0.3, -0.25) is 9.59 Å². The van der Waals surface area contributed by atoms with Crippen molar-refractivity contribution in [1.82, 2.24) is 4.90 Å². The first-order valence-electron chi connectivity index (χ1n) is 8.80. The first-order valence-corrected chi connectivity index (χ1v) is 8.80. The maximum Gasteiger partial charge on any atom is 0.265 e. The van der Waals surface area contributed by atoms with Crippen molar-refractivity contribution in [3.63, 3.8) is 0 Å². The highest BCUT2D eigenvalue weighted by Crippen LogP contribution is 2.27. The molecular formula is C21H26N2O4. The lowest BCUT2D eigenvalue weighted by atomic mass is 10.1. The molecule has 2 aromatic carbocycles. The molecule has 0 saturated heterocycles. The molecule has 1 N–H and O–H groups in total. The summed E-state index contributed by atoms with van der Waals surface area (Å²) in [7, 11) is 5.05. The second-order valence-electron chi connectivity index (χ2n) is 6.39. The van der Waals surface area contributed by atoms with E-state index in [4.69, 9.17) is 9.47 Å². The van der Waals surface area contributed by atoms with E-state index in [1.807, 2.05) is 36.4 Å². The van der Waals surface area contributed by atoms with Crippen molar-refractivity contribution in [2.75, 3.05) is 26.5 Å². The Hall–Kier alpha value is -3.02. The summed E-state index contributed by atoms with van der Waals surface area (Å²) in [6.07, 6.45) is 0.444. The maximum absolute atomic E-state index is 12.4. The highest BCUT2D eigenvalue weighted by Gasteiger charge is 2.17. The zero-order valence-corrected chi connectivity index (χ0v) is 16.2. The van der Waals surface area contributed by atoms with Crippen LogP contribution in [0.3, 0.4) is 0 Å². The topological polar surface area (TPSA) is 67.9 Å². The molecule has 6 heteroatoms. The molecule has 0 bridgehead atoms. The number of nitrogens with zero attached hydrogens (tertiary/aromatic N) is 1. The summed E-state index contributed by atoms with van der Waals surface area (Å²) in [6, 6.07) is 14.7. The summed E-state index contributed by atoms with van der Waals surface area (Å²) in [4.78, 5) is 25.6. The van der Waals surface area contributed by atoms with Gasteiger partial charge in [0.05, 0.1) is 7.11 Å². The molecular weight excluding hydrogens is 344 g/mol. The van der Waals surface area contributed by atoms with Crippen LogP contribution in [-0.2, 0) is 16.0 Å². The van der Waals surface area contributed by atoms with Crippen LogP contribution in [0.15, 0.2) is 48.5 Å². The minimum absolute atomic E-state index is 0.0923. The van der Waals surface area contributed by atoms with Gasteiger partial charge >= 0.3 is 0 Å². The fraction of sp³-hybridized carbons (Fsp3) is 0.333. The average molecular weight is 370 g/mol. The van der Waals surface area contributed by atoms with E-state index in [1.54, 1.807) is 45.2 Å². The number of carbonyl (C=O) groups is 2. The van der Waals surface area contributed by atoms with Gasteiger partial charge in [-0.05, 0) is 43.2 Å². The minimum atomic E-state index is -0.682. The fourth-order valence-corrected chi connectivity index (χ4v) is 2.43. The van der Waals surface area contributed by atoms with Gasteiger partial charge in [0.25, 0.3) is 5.91 Å². The van der Waals surface area contributed by atoms with E-state index in [0.29, 0.717) is 30.0 Å². The van der Waals surface area contributed by atoms with Crippen LogP contribution in [-0.4, -0.2) is 44.0 Å². The molecule has 6 nitrogen and oxygen atoms in total. The smallest absolute Gasteiger partial charge is 0.265 e. The van der Waals surface area contributed by atoms with Crippen LogP contribution in [0.1, 0.15) is 18.9 Å². The minimum Gasteiger partial charge on any atom is -0.493 e. The molecule has 2 aromatic rings. The van der Waals surface area contributed by atoms with Crippen LogP contribution in [0.5, 0.6) is 11.5 Å². The highest BCUT2D eigenvalue weighted by atomic mass is 16.5. The van der Waals surface area contributed by atoms with E-state index < -0.39 is 6.10 Å². The van der Waals surface area contributed by atoms with Crippen LogP contribution >= 0.6 is 0 Å². The van der Waals surface area contributed by atoms with Crippen LogP contribution in [0, 0.1) is 0 Å². The number of methoxy groups -OCH3 is 1. The number of anilines is 1. The van der Waals surface area contributed by atoms with Gasteiger partial charge in [0.15, 0.2) is 17.6 Å². The standard InChI is InChI=1S/C21H26N2O4/c1-15(27-19-8-6-5-7-18(19)26-4)21(25)22-17-12-9-16(10-13-17)11-14-20(24)23(2)3/h5-10,12-13,15H,11,14H2,1-4H3,(H,22,25). The van der Waals surface area contributed by atoms with E-state index in [9.17, 15) is 9.59 Å². The summed E-state index contributed by atoms with van der Waals surface area (Å²) >= 11 is 0. The van der Waals surface area contributed by atoms with Crippen molar-refractivity contribution in [3.8, 4) is 11.5 Å². The number of rotatable bonds is 8. The van der Waals surface area contributed by atoms with E-state index >= 15 is 0 Å². The maximum atomic E-state index is 12.4. The molecule has 2 rings (SSSR count). The Morgan fingerprint density at radius 3 is 2.26 bits per heavy atom. The Morgan fingerprint density at radius 2 is 1.67 bits per heavy atom. The number of nitrogens with one attached hydrogen (secondary N) is 1. The van der Waals surface area contributed by atoms with E-state index in [1.165, 1.54) is 0 Å². The molecule has 0 fully saturated rings. The monoisotopic (exact) mass is 370 g/mol. The lowest BCUT2D eigenvalue weighted by Crippen LogP contribution is -2.30. The number of aryl methyl sites for hydroxylation is 1. The van der Waals surface area contributed by atoms with Crippen molar-refractivity contribution in [2.24, 2.45) is 0 Å². The third-order valence-corrected chi connectivity index (χ3v) is 4.09. The second kappa shape index (κ2) is 9.62. The van der Waals surface area contributed by atoms with E-state index in [-0.39, 0.29) is 11.8 Å². The quantitative estimate of drug-likeness (QED) is 0.775. The summed E-state index contributed by atoms with van der Waals surface area (Å²) in [6.45, 7) is 1.68. The highest BCUT2D eigenvalue weighted by molar-refractivity contribution is 5.94. The molecule has 0 aromatic heterocycles. The zero-order valence-electron chi connectivity index (χ0n) is 16.2. The van der Waals surface area contributed by atoms with Gasteiger partial charge in [0, 0.05) is 26.2 Å². The number of hydrogen-bond donors (Lipinski definition) is 1. The molecule has 0 saturated carbocycles. The first-order chi connectivity index (χ1) is 12.9. The van der Waals surface area contributed by atoms with Gasteiger partial charge < -0.3 is 19.7 Å². The average Bonchev–Trinajstić information content (AvgIpc) is 2.67. The molecule has 0 aliphatic rings. The molecule has 0 heterocycles. The predicted octanol–water partition coefficient (Wildman–Crippen LogP) is 3.12. The van der Waals surface area contributed by atoms with E-state index in [2.05, 4.69) is 5.32 Å². The van der Waals surface area contributed by atoms with Crippen LogP contribution in [0.2, 0.25) is 0 Å². The van der Waals surface area contributed by atoms with Crippen LogP contribution in [0.4, 0.5) is 5.69 Å². The fourth-order valence-electron chi connectivity index (χ4n) is 2.43. The van der Waals surface area contributed by atoms with Gasteiger partial charge in [-0.15, -0.1) is 0 Å². The molecule has 0 aliphatic carbocycles. The lowest BCUT2D eigenvalue weighted by Gasteiger charge is -2.16. The van der Waals surface area contributed by atoms with Crippen molar-refractivity contribution in [2.45, 2.75) is 25.9 Å². The van der Waals surface area contributed by atoms with Crippen molar-refractivity contribution >= 4 is 17.5 Å². The number of carbonyl (C=O) groups excluding carboxylic acids is 2. The van der Waals surface area contributed by atoms with Gasteiger partial charge in [-0.25, -0.2) is 0 Å². The molecule has 144 valence electrons. The van der Waals surface area contributed by atoms with Gasteiger partial charge in [-0.1, -0.05) is 24.3 Å². The van der Waals surface area contributed by atoms with Gasteiger partial charge in [-0.2, -0.15) is 0 Å². The van der Waals surface area contributed by atoms with Crippen molar-refractivity contribution < 1.29 is 19.1 Å². The Labute approximate surface area is 160 Å². The third-order valence-electron chi connectivity index (χ3n) is 4.09. The molecule has 0 spiro atoms. The Balaban J connectivity index is 1.90. The summed E-state index contributed by atoms with van der Waals surface area (Å²) < 4.78 is 10.9. The number of benzene rings is 2. The molecule has 2 amide bonds. The molecule has 0 radical (unpaired) electrons. The number of amides is 2. The number of para-hydroxylation sites is 2. The van der Waals surface area contributed by atoms with Crippen LogP contribution in [0.25, 0.3) is 0 Å². The SMILES string of the molecule is COc1ccccc1OC(C)C(=O)Nc1ccc(CCC(=O)N(C)C)cc1. The Kier molecular flexibility index (Phi) is 7.23. The van der Waals surface area contributed by atoms with Gasteiger partial charge in [0.1, 0.15) is 0 Å². The van der Waals surface area contributed by atoms with Crippen molar-refractivity contribution in [1.29, 1.82) is 0 Å². The third kappa shape index (κ3) is 6.02. The normalized spacial score (nSPS) is 11.4. The first kappa shape index (κ1) is 20.3. The second-order valence-corrected chi connectivity index (χ2v) is 6.39. The van der Waals surface area contributed by atoms with Crippen LogP contribution < -0.4 is 14.8 Å².